The van der Waals surface area contributed by atoms with Gasteiger partial charge in [-0.25, -0.2) is 12.8 Å². The number of nitrogens with one attached hydrogen (secondary N) is 1. The second-order valence-corrected chi connectivity index (χ2v) is 5.42. The van der Waals surface area contributed by atoms with Crippen molar-refractivity contribution in [3.63, 3.8) is 0 Å². The van der Waals surface area contributed by atoms with Gasteiger partial charge >= 0.3 is 0 Å². The summed E-state index contributed by atoms with van der Waals surface area (Å²) in [5.74, 6) is 0. The maximum atomic E-state index is 12.4. The van der Waals surface area contributed by atoms with Gasteiger partial charge in [-0.1, -0.05) is 15.9 Å². The van der Waals surface area contributed by atoms with E-state index in [1.165, 1.54) is 6.07 Å². The number of benzene rings is 1. The maximum Gasteiger partial charge on any atom is 0.229 e. The highest BCUT2D eigenvalue weighted by molar-refractivity contribution is 9.10. The molecule has 0 atom stereocenters. The average Bonchev–Trinajstić information content (AvgIpc) is 2.06. The van der Waals surface area contributed by atoms with E-state index in [1.54, 1.807) is 12.1 Å². The van der Waals surface area contributed by atoms with E-state index in [1.807, 2.05) is 0 Å². The summed E-state index contributed by atoms with van der Waals surface area (Å²) in [6.45, 7) is -0.639. The summed E-state index contributed by atoms with van der Waals surface area (Å²) in [6, 6.07) is 4.61. The van der Waals surface area contributed by atoms with Gasteiger partial charge < -0.3 is 0 Å². The molecule has 14 heavy (non-hydrogen) atoms. The van der Waals surface area contributed by atoms with Gasteiger partial charge in [-0.15, -0.1) is 0 Å². The fourth-order valence-electron chi connectivity index (χ4n) is 0.955. The molecule has 0 aliphatic carbocycles. The van der Waals surface area contributed by atoms with Crippen LogP contribution in [-0.2, 0) is 16.7 Å². The number of hydrogen-bond donors (Lipinski definition) is 1. The maximum absolute atomic E-state index is 12.4. The van der Waals surface area contributed by atoms with Gasteiger partial charge in [0.2, 0.25) is 10.0 Å². The molecule has 0 aliphatic rings. The van der Waals surface area contributed by atoms with Crippen molar-refractivity contribution in [1.29, 1.82) is 0 Å². The monoisotopic (exact) mass is 281 g/mol. The molecule has 0 unspecified atom stereocenters. The van der Waals surface area contributed by atoms with Crippen molar-refractivity contribution in [3.05, 3.63) is 28.2 Å². The molecule has 0 saturated heterocycles. The standard InChI is InChI=1S/C8H9BrFNO2S/c1-14(12,13)11-7-2-3-8(9)6(4-7)5-10/h2-4,11H,5H2,1H3. The molecule has 1 aromatic rings. The van der Waals surface area contributed by atoms with Crippen LogP contribution >= 0.6 is 15.9 Å². The van der Waals surface area contributed by atoms with Crippen molar-refractivity contribution in [2.75, 3.05) is 11.0 Å². The number of rotatable bonds is 3. The van der Waals surface area contributed by atoms with Crippen LogP contribution in [0.2, 0.25) is 0 Å². The minimum Gasteiger partial charge on any atom is -0.284 e. The van der Waals surface area contributed by atoms with Crippen LogP contribution in [0, 0.1) is 0 Å². The Balaban J connectivity index is 3.01. The van der Waals surface area contributed by atoms with Crippen LogP contribution in [0.3, 0.4) is 0 Å². The first kappa shape index (κ1) is 11.5. The van der Waals surface area contributed by atoms with Crippen molar-refractivity contribution in [3.8, 4) is 0 Å². The van der Waals surface area contributed by atoms with E-state index in [0.717, 1.165) is 6.26 Å². The van der Waals surface area contributed by atoms with Crippen molar-refractivity contribution in [2.24, 2.45) is 0 Å². The molecule has 3 nitrogen and oxygen atoms in total. The predicted molar refractivity (Wildman–Crippen MR) is 57.4 cm³/mol. The lowest BCUT2D eigenvalue weighted by Crippen LogP contribution is -2.09. The van der Waals surface area contributed by atoms with Crippen molar-refractivity contribution >= 4 is 31.6 Å². The number of alkyl halides is 1. The molecule has 0 aromatic heterocycles. The van der Waals surface area contributed by atoms with Crippen molar-refractivity contribution < 1.29 is 12.8 Å². The Kier molecular flexibility index (Phi) is 3.49. The zero-order valence-electron chi connectivity index (χ0n) is 7.42. The molecule has 0 aliphatic heterocycles. The van der Waals surface area contributed by atoms with Gasteiger partial charge in [-0.05, 0) is 23.8 Å². The highest BCUT2D eigenvalue weighted by Crippen LogP contribution is 2.22. The van der Waals surface area contributed by atoms with E-state index in [2.05, 4.69) is 20.7 Å². The number of sulfonamides is 1. The third kappa shape index (κ3) is 3.26. The Morgan fingerprint density at radius 3 is 2.64 bits per heavy atom. The van der Waals surface area contributed by atoms with Gasteiger partial charge in [0, 0.05) is 10.2 Å². The van der Waals surface area contributed by atoms with Crippen LogP contribution < -0.4 is 4.72 Å². The molecule has 78 valence electrons. The number of hydrogen-bond acceptors (Lipinski definition) is 2. The van der Waals surface area contributed by atoms with Crippen LogP contribution in [0.5, 0.6) is 0 Å². The molecule has 0 amide bonds. The number of halogens is 2. The van der Waals surface area contributed by atoms with E-state index in [4.69, 9.17) is 0 Å². The second kappa shape index (κ2) is 4.27. The predicted octanol–water partition coefficient (Wildman–Crippen LogP) is 2.29. The average molecular weight is 282 g/mol. The molecular weight excluding hydrogens is 273 g/mol. The lowest BCUT2D eigenvalue weighted by molar-refractivity contribution is 0.484. The molecule has 1 aromatic carbocycles. The summed E-state index contributed by atoms with van der Waals surface area (Å²) in [5.41, 5.74) is 0.780. The Bertz CT molecular complexity index is 433. The van der Waals surface area contributed by atoms with Crippen LogP contribution in [0.15, 0.2) is 22.7 Å². The van der Waals surface area contributed by atoms with Gasteiger partial charge in [0.1, 0.15) is 6.67 Å². The van der Waals surface area contributed by atoms with Crippen molar-refractivity contribution in [2.45, 2.75) is 6.67 Å². The lowest BCUT2D eigenvalue weighted by Gasteiger charge is -2.06. The molecule has 6 heteroatoms. The molecule has 0 spiro atoms. The Morgan fingerprint density at radius 1 is 1.50 bits per heavy atom. The topological polar surface area (TPSA) is 46.2 Å². The molecule has 0 fully saturated rings. The molecule has 0 saturated carbocycles. The van der Waals surface area contributed by atoms with E-state index < -0.39 is 16.7 Å². The first-order valence-electron chi connectivity index (χ1n) is 3.74. The summed E-state index contributed by atoms with van der Waals surface area (Å²) < 4.78 is 37.0. The lowest BCUT2D eigenvalue weighted by atomic mass is 10.2. The zero-order chi connectivity index (χ0) is 10.8. The molecule has 0 heterocycles. The third-order valence-electron chi connectivity index (χ3n) is 1.49. The Hall–Kier alpha value is -0.620. The molecule has 1 N–H and O–H groups in total. The summed E-state index contributed by atoms with van der Waals surface area (Å²) >= 11 is 3.15. The van der Waals surface area contributed by atoms with Crippen LogP contribution in [-0.4, -0.2) is 14.7 Å². The zero-order valence-corrected chi connectivity index (χ0v) is 9.82. The number of anilines is 1. The Labute approximate surface area is 90.5 Å². The minimum absolute atomic E-state index is 0.364. The molecule has 0 bridgehead atoms. The summed E-state index contributed by atoms with van der Waals surface area (Å²) in [7, 11) is -3.30. The summed E-state index contributed by atoms with van der Waals surface area (Å²) in [5, 5.41) is 0. The van der Waals surface area contributed by atoms with Crippen LogP contribution in [0.25, 0.3) is 0 Å². The van der Waals surface area contributed by atoms with Crippen LogP contribution in [0.1, 0.15) is 5.56 Å². The van der Waals surface area contributed by atoms with E-state index in [9.17, 15) is 12.8 Å². The third-order valence-corrected chi connectivity index (χ3v) is 2.87. The minimum atomic E-state index is -3.30. The first-order chi connectivity index (χ1) is 6.42. The summed E-state index contributed by atoms with van der Waals surface area (Å²) in [6.07, 6.45) is 1.05. The molecular formula is C8H9BrFNO2S. The van der Waals surface area contributed by atoms with E-state index in [-0.39, 0.29) is 0 Å². The molecule has 0 radical (unpaired) electrons. The first-order valence-corrected chi connectivity index (χ1v) is 6.43. The smallest absolute Gasteiger partial charge is 0.229 e. The van der Waals surface area contributed by atoms with E-state index >= 15 is 0 Å². The van der Waals surface area contributed by atoms with Gasteiger partial charge in [0.05, 0.1) is 6.26 Å². The van der Waals surface area contributed by atoms with Gasteiger partial charge in [-0.2, -0.15) is 0 Å². The van der Waals surface area contributed by atoms with Crippen LogP contribution in [0.4, 0.5) is 10.1 Å². The Morgan fingerprint density at radius 2 is 2.14 bits per heavy atom. The SMILES string of the molecule is CS(=O)(=O)Nc1ccc(Br)c(CF)c1. The van der Waals surface area contributed by atoms with Crippen molar-refractivity contribution in [1.82, 2.24) is 0 Å². The quantitative estimate of drug-likeness (QED) is 0.924. The van der Waals surface area contributed by atoms with Gasteiger partial charge in [0.25, 0.3) is 0 Å². The summed E-state index contributed by atoms with van der Waals surface area (Å²) in [4.78, 5) is 0. The van der Waals surface area contributed by atoms with E-state index in [0.29, 0.717) is 15.7 Å². The largest absolute Gasteiger partial charge is 0.284 e. The highest BCUT2D eigenvalue weighted by atomic mass is 79.9. The fraction of sp³-hybridized carbons (Fsp3) is 0.250. The highest BCUT2D eigenvalue weighted by Gasteiger charge is 2.04. The van der Waals surface area contributed by atoms with Gasteiger partial charge in [-0.3, -0.25) is 4.72 Å². The normalized spacial score (nSPS) is 11.4. The van der Waals surface area contributed by atoms with Gasteiger partial charge in [0.15, 0.2) is 0 Å². The second-order valence-electron chi connectivity index (χ2n) is 2.81. The fourth-order valence-corrected chi connectivity index (χ4v) is 1.86. The molecule has 1 rings (SSSR count).